The summed E-state index contributed by atoms with van der Waals surface area (Å²) in [6, 6.07) is 7.23. The molecule has 3 atom stereocenters. The molecule has 0 unspecified atom stereocenters. The maximum atomic E-state index is 14.6. The van der Waals surface area contributed by atoms with Gasteiger partial charge in [0.15, 0.2) is 11.3 Å². The van der Waals surface area contributed by atoms with Gasteiger partial charge in [-0.25, -0.2) is 23.1 Å². The van der Waals surface area contributed by atoms with Gasteiger partial charge in [-0.3, -0.25) is 4.79 Å². The number of imidazole rings is 1. The SMILES string of the molecule is CSc1ccc(F)cc1[C@H]1C[C@H](F)CN1c1ccc2ncc(C(=O)N[C@H]3CCN(C(=O)O)C3)n2n1. The smallest absolute Gasteiger partial charge is 0.407 e. The molecule has 2 aliphatic rings. The van der Waals surface area contributed by atoms with Gasteiger partial charge in [0.05, 0.1) is 18.8 Å². The van der Waals surface area contributed by atoms with Crippen molar-refractivity contribution in [1.29, 1.82) is 0 Å². The molecule has 3 aromatic rings. The minimum Gasteiger partial charge on any atom is -0.465 e. The number of fused-ring (bicyclic) bond motifs is 1. The number of likely N-dealkylation sites (tertiary alicyclic amines) is 1. The van der Waals surface area contributed by atoms with Crippen molar-refractivity contribution in [2.75, 3.05) is 30.8 Å². The summed E-state index contributed by atoms with van der Waals surface area (Å²) >= 11 is 1.47. The average Bonchev–Trinajstić information content (AvgIpc) is 3.56. The van der Waals surface area contributed by atoms with Gasteiger partial charge in [-0.05, 0) is 48.6 Å². The first-order chi connectivity index (χ1) is 16.8. The summed E-state index contributed by atoms with van der Waals surface area (Å²) < 4.78 is 30.1. The first kappa shape index (κ1) is 23.3. The molecule has 2 saturated heterocycles. The largest absolute Gasteiger partial charge is 0.465 e. The summed E-state index contributed by atoms with van der Waals surface area (Å²) in [5, 5.41) is 16.6. The summed E-state index contributed by atoms with van der Waals surface area (Å²) in [5.41, 5.74) is 1.34. The first-order valence-electron chi connectivity index (χ1n) is 11.2. The first-order valence-corrected chi connectivity index (χ1v) is 12.4. The van der Waals surface area contributed by atoms with Gasteiger partial charge in [-0.2, -0.15) is 0 Å². The highest BCUT2D eigenvalue weighted by molar-refractivity contribution is 7.98. The molecule has 0 saturated carbocycles. The Morgan fingerprint density at radius 1 is 1.23 bits per heavy atom. The Morgan fingerprint density at radius 3 is 2.80 bits per heavy atom. The van der Waals surface area contributed by atoms with Crippen LogP contribution in [0.4, 0.5) is 19.4 Å². The van der Waals surface area contributed by atoms with Crippen LogP contribution in [0.5, 0.6) is 0 Å². The molecule has 35 heavy (non-hydrogen) atoms. The van der Waals surface area contributed by atoms with Crippen LogP contribution < -0.4 is 10.2 Å². The van der Waals surface area contributed by atoms with E-state index in [0.717, 1.165) is 4.90 Å². The zero-order chi connectivity index (χ0) is 24.7. The molecule has 0 bridgehead atoms. The number of rotatable bonds is 5. The Bertz CT molecular complexity index is 1290. The third-order valence-electron chi connectivity index (χ3n) is 6.47. The minimum absolute atomic E-state index is 0.0941. The second-order valence-corrected chi connectivity index (χ2v) is 9.53. The van der Waals surface area contributed by atoms with E-state index in [4.69, 9.17) is 5.11 Å². The second kappa shape index (κ2) is 9.33. The fraction of sp³-hybridized carbons (Fsp3) is 0.391. The molecule has 0 aliphatic carbocycles. The molecule has 2 fully saturated rings. The lowest BCUT2D eigenvalue weighted by Gasteiger charge is -2.27. The number of hydrogen-bond acceptors (Lipinski definition) is 6. The molecule has 2 amide bonds. The zero-order valence-corrected chi connectivity index (χ0v) is 19.7. The van der Waals surface area contributed by atoms with E-state index in [2.05, 4.69) is 15.4 Å². The summed E-state index contributed by atoms with van der Waals surface area (Å²) in [6.07, 6.45) is 1.90. The highest BCUT2D eigenvalue weighted by atomic mass is 32.2. The quantitative estimate of drug-likeness (QED) is 0.516. The highest BCUT2D eigenvalue weighted by Crippen LogP contribution is 2.40. The molecule has 12 heteroatoms. The maximum absolute atomic E-state index is 14.6. The molecule has 5 rings (SSSR count). The van der Waals surface area contributed by atoms with E-state index >= 15 is 0 Å². The van der Waals surface area contributed by atoms with Gasteiger partial charge in [0, 0.05) is 30.4 Å². The summed E-state index contributed by atoms with van der Waals surface area (Å²) in [4.78, 5) is 32.3. The van der Waals surface area contributed by atoms with Gasteiger partial charge in [0.1, 0.15) is 17.8 Å². The number of nitrogens with one attached hydrogen (secondary N) is 1. The van der Waals surface area contributed by atoms with Gasteiger partial charge in [0.25, 0.3) is 5.91 Å². The Morgan fingerprint density at radius 2 is 2.06 bits per heavy atom. The number of thioether (sulfide) groups is 1. The number of nitrogens with zero attached hydrogens (tertiary/aromatic N) is 5. The number of carboxylic acid groups (broad SMARTS) is 1. The van der Waals surface area contributed by atoms with Crippen molar-refractivity contribution in [2.45, 2.75) is 36.0 Å². The molecule has 2 aromatic heterocycles. The fourth-order valence-corrected chi connectivity index (χ4v) is 5.42. The van der Waals surface area contributed by atoms with Crippen LogP contribution >= 0.6 is 11.8 Å². The van der Waals surface area contributed by atoms with Crippen molar-refractivity contribution < 1.29 is 23.5 Å². The van der Waals surface area contributed by atoms with Crippen molar-refractivity contribution in [3.05, 3.63) is 53.6 Å². The third-order valence-corrected chi connectivity index (χ3v) is 7.28. The topological polar surface area (TPSA) is 103 Å². The number of anilines is 1. The molecule has 9 nitrogen and oxygen atoms in total. The van der Waals surface area contributed by atoms with Crippen molar-refractivity contribution in [2.24, 2.45) is 0 Å². The zero-order valence-electron chi connectivity index (χ0n) is 18.9. The van der Waals surface area contributed by atoms with Crippen molar-refractivity contribution in [3.8, 4) is 0 Å². The maximum Gasteiger partial charge on any atom is 0.407 e. The number of carbonyl (C=O) groups excluding carboxylic acids is 1. The third kappa shape index (κ3) is 4.49. The molecule has 0 radical (unpaired) electrons. The van der Waals surface area contributed by atoms with Crippen LogP contribution in [0.1, 0.15) is 34.9 Å². The van der Waals surface area contributed by atoms with E-state index in [1.54, 1.807) is 23.1 Å². The van der Waals surface area contributed by atoms with Gasteiger partial charge < -0.3 is 20.2 Å². The van der Waals surface area contributed by atoms with E-state index in [9.17, 15) is 18.4 Å². The van der Waals surface area contributed by atoms with E-state index in [1.165, 1.54) is 39.5 Å². The fourth-order valence-electron chi connectivity index (χ4n) is 4.78. The number of alkyl halides is 1. The lowest BCUT2D eigenvalue weighted by atomic mass is 10.0. The Kier molecular flexibility index (Phi) is 6.22. The minimum atomic E-state index is -1.11. The second-order valence-electron chi connectivity index (χ2n) is 8.68. The van der Waals surface area contributed by atoms with Crippen molar-refractivity contribution in [1.82, 2.24) is 24.8 Å². The van der Waals surface area contributed by atoms with Gasteiger partial charge >= 0.3 is 6.09 Å². The van der Waals surface area contributed by atoms with Crippen LogP contribution in [0.2, 0.25) is 0 Å². The van der Waals surface area contributed by atoms with E-state index in [-0.39, 0.29) is 37.1 Å². The molecule has 0 spiro atoms. The van der Waals surface area contributed by atoms with E-state index in [1.807, 2.05) is 6.26 Å². The van der Waals surface area contributed by atoms with Crippen LogP contribution in [0, 0.1) is 5.82 Å². The standard InChI is InChI=1S/C23H24F2N6O3S/c1-35-19-3-2-13(24)8-16(19)17-9-14(25)11-30(17)21-5-4-20-26-10-18(31(20)28-21)22(32)27-15-6-7-29(12-15)23(33)34/h2-5,8,10,14-15,17H,6-7,9,11-12H2,1H3,(H,27,32)(H,33,34)/t14-,15-,17+/m0/s1. The molecule has 2 aliphatic heterocycles. The van der Waals surface area contributed by atoms with Gasteiger partial charge in [-0.15, -0.1) is 16.9 Å². The predicted octanol–water partition coefficient (Wildman–Crippen LogP) is 3.36. The summed E-state index contributed by atoms with van der Waals surface area (Å²) in [7, 11) is 0. The highest BCUT2D eigenvalue weighted by Gasteiger charge is 2.36. The Balaban J connectivity index is 1.43. The molecular formula is C23H24F2N6O3S. The number of aromatic nitrogens is 3. The molecule has 2 N–H and O–H groups in total. The van der Waals surface area contributed by atoms with Crippen LogP contribution in [0.3, 0.4) is 0 Å². The van der Waals surface area contributed by atoms with Crippen LogP contribution in [-0.4, -0.2) is 74.7 Å². The van der Waals surface area contributed by atoms with Crippen molar-refractivity contribution in [3.63, 3.8) is 0 Å². The summed E-state index contributed by atoms with van der Waals surface area (Å²) in [6.45, 7) is 0.667. The normalized spacial score (nSPS) is 22.2. The lowest BCUT2D eigenvalue weighted by Crippen LogP contribution is -2.38. The van der Waals surface area contributed by atoms with E-state index < -0.39 is 24.2 Å². The van der Waals surface area contributed by atoms with Crippen molar-refractivity contribution >= 4 is 35.2 Å². The number of amides is 2. The number of hydrogen-bond donors (Lipinski definition) is 2. The van der Waals surface area contributed by atoms with Gasteiger partial charge in [-0.1, -0.05) is 0 Å². The van der Waals surface area contributed by atoms with Crippen LogP contribution in [0.15, 0.2) is 41.4 Å². The van der Waals surface area contributed by atoms with E-state index in [0.29, 0.717) is 30.0 Å². The summed E-state index contributed by atoms with van der Waals surface area (Å²) in [5.74, 6) is -0.357. The molecule has 184 valence electrons. The lowest BCUT2D eigenvalue weighted by molar-refractivity contribution is 0.0928. The molecule has 1 aromatic carbocycles. The molecular weight excluding hydrogens is 478 g/mol. The Hall–Kier alpha value is -3.41. The van der Waals surface area contributed by atoms with Crippen LogP contribution in [0.25, 0.3) is 5.65 Å². The van der Waals surface area contributed by atoms with Crippen LogP contribution in [-0.2, 0) is 0 Å². The number of benzene rings is 1. The predicted molar refractivity (Wildman–Crippen MR) is 126 cm³/mol. The average molecular weight is 503 g/mol. The van der Waals surface area contributed by atoms with Gasteiger partial charge in [0.2, 0.25) is 0 Å². The number of carbonyl (C=O) groups is 2. The molecule has 4 heterocycles. The Labute approximate surface area is 204 Å². The monoisotopic (exact) mass is 502 g/mol. The number of halogens is 2.